The first-order chi connectivity index (χ1) is 31.0. The second-order valence-corrected chi connectivity index (χ2v) is 16.4. The molecule has 1 aliphatic rings. The smallest absolute Gasteiger partial charge is 0.490 e. The Morgan fingerprint density at radius 2 is 1.39 bits per heavy atom. The quantitative estimate of drug-likeness (QED) is 0.0469. The number of alkyl halides is 6. The number of H-pyrrole nitrogens is 1. The van der Waals surface area contributed by atoms with Gasteiger partial charge in [-0.3, -0.25) is 10.1 Å². The zero-order valence-electron chi connectivity index (χ0n) is 34.6. The number of amides is 1. The summed E-state index contributed by atoms with van der Waals surface area (Å²) in [5.74, 6) is -5.78. The number of phenols is 1. The molecule has 0 spiro atoms. The number of aliphatic hydroxyl groups excluding tert-OH is 1. The number of aromatic amines is 1. The molecule has 0 bridgehead atoms. The minimum atomic E-state index is -5.08. The van der Waals surface area contributed by atoms with E-state index in [0.29, 0.717) is 49.1 Å². The number of aromatic nitrogens is 1. The predicted octanol–water partition coefficient (Wildman–Crippen LogP) is 6.02. The number of nitrogens with zero attached hydrogens (tertiary/aromatic N) is 1. The number of ether oxygens (including phenoxy) is 1. The molecule has 5 aromatic rings. The molecule has 0 saturated carbocycles. The largest absolute Gasteiger partial charge is 0.506 e. The van der Waals surface area contributed by atoms with Crippen LogP contribution in [0.15, 0.2) is 113 Å². The number of carbonyl (C=O) groups excluding carboxylic acids is 1. The molecule has 23 heteroatoms. The number of carboxylic acids is 2. The molecule has 1 fully saturated rings. The molecule has 0 unspecified atom stereocenters. The Kier molecular flexibility index (Phi) is 18.6. The van der Waals surface area contributed by atoms with E-state index in [1.54, 1.807) is 36.4 Å². The fourth-order valence-electron chi connectivity index (χ4n) is 6.36. The van der Waals surface area contributed by atoms with E-state index in [9.17, 15) is 54.6 Å². The van der Waals surface area contributed by atoms with Crippen molar-refractivity contribution in [3.63, 3.8) is 0 Å². The Morgan fingerprint density at radius 1 is 0.803 bits per heavy atom. The standard InChI is InChI=1S/C39H43N5O7S.2C2HF3O2/c45-35-16-14-32(33-15-17-37(47)43-38(33)35)36(46)25-41-24-27-10-12-30(13-11-27)52(49,50)26-40-20-23-44-21-18-29(19-22-44)51-39(48)42-34-9-5-4-8-31(34)28-6-2-1-3-7-28;2*3-2(4,5)1(6)7/h1-17,29,36,40-41,45-46H,18-26H2,(H,42,48)(H,43,47);2*(H,6,7)/t36-;;/m0../s1. The van der Waals surface area contributed by atoms with E-state index < -0.39 is 46.3 Å². The van der Waals surface area contributed by atoms with Crippen molar-refractivity contribution in [2.45, 2.75) is 48.8 Å². The van der Waals surface area contributed by atoms with Crippen LogP contribution in [0.5, 0.6) is 5.75 Å². The van der Waals surface area contributed by atoms with Gasteiger partial charge in [-0.2, -0.15) is 26.3 Å². The van der Waals surface area contributed by atoms with Crippen LogP contribution in [0.1, 0.15) is 30.1 Å². The molecule has 1 atom stereocenters. The van der Waals surface area contributed by atoms with Gasteiger partial charge < -0.3 is 45.7 Å². The van der Waals surface area contributed by atoms with Crippen molar-refractivity contribution in [2.75, 3.05) is 43.9 Å². The van der Waals surface area contributed by atoms with Crippen molar-refractivity contribution in [1.29, 1.82) is 0 Å². The van der Waals surface area contributed by atoms with E-state index >= 15 is 0 Å². The summed E-state index contributed by atoms with van der Waals surface area (Å²) in [6.07, 6.45) is -10.3. The fourth-order valence-corrected chi connectivity index (χ4v) is 7.49. The number of pyridine rings is 1. The maximum absolute atomic E-state index is 13.0. The number of nitrogens with one attached hydrogen (secondary N) is 4. The number of fused-ring (bicyclic) bond motifs is 1. The molecule has 0 aliphatic carbocycles. The predicted molar refractivity (Wildman–Crippen MR) is 228 cm³/mol. The lowest BCUT2D eigenvalue weighted by Crippen LogP contribution is -2.42. The summed E-state index contributed by atoms with van der Waals surface area (Å²) < 4.78 is 95.1. The van der Waals surface area contributed by atoms with Gasteiger partial charge in [-0.15, -0.1) is 0 Å². The second kappa shape index (κ2) is 23.6. The molecule has 16 nitrogen and oxygen atoms in total. The first-order valence-corrected chi connectivity index (χ1v) is 21.4. The average Bonchev–Trinajstić information content (AvgIpc) is 3.26. The summed E-state index contributed by atoms with van der Waals surface area (Å²) in [4.78, 5) is 47.2. The van der Waals surface area contributed by atoms with Gasteiger partial charge in [0, 0.05) is 56.3 Å². The minimum Gasteiger partial charge on any atom is -0.506 e. The molecule has 1 amide bonds. The third kappa shape index (κ3) is 16.2. The summed E-state index contributed by atoms with van der Waals surface area (Å²) in [5.41, 5.74) is 3.95. The molecule has 66 heavy (non-hydrogen) atoms. The Morgan fingerprint density at radius 3 is 2.00 bits per heavy atom. The molecule has 8 N–H and O–H groups in total. The summed E-state index contributed by atoms with van der Waals surface area (Å²) in [7, 11) is -3.55. The van der Waals surface area contributed by atoms with E-state index in [1.165, 1.54) is 12.1 Å². The van der Waals surface area contributed by atoms with Gasteiger partial charge in [-0.05, 0) is 59.9 Å². The van der Waals surface area contributed by atoms with Crippen LogP contribution >= 0.6 is 0 Å². The monoisotopic (exact) mass is 953 g/mol. The van der Waals surface area contributed by atoms with Crippen molar-refractivity contribution < 1.29 is 74.3 Å². The van der Waals surface area contributed by atoms with Crippen LogP contribution in [-0.2, 0) is 30.7 Å². The van der Waals surface area contributed by atoms with Gasteiger partial charge in [0.15, 0.2) is 9.84 Å². The SMILES string of the molecule is O=C(Nc1ccccc1-c1ccccc1)OC1CCN(CCNCS(=O)(=O)c2ccc(CNC[C@H](O)c3ccc(O)c4[nH]c(=O)ccc34)cc2)CC1.O=C(O)C(F)(F)F.O=C(O)C(F)(F)F. The number of sulfone groups is 1. The van der Waals surface area contributed by atoms with Gasteiger partial charge >= 0.3 is 30.4 Å². The Balaban J connectivity index is 0.000000590. The van der Waals surface area contributed by atoms with Crippen molar-refractivity contribution >= 4 is 44.5 Å². The number of hydrogen-bond acceptors (Lipinski definition) is 12. The molecule has 0 radical (unpaired) electrons. The van der Waals surface area contributed by atoms with Crippen LogP contribution in [0.25, 0.3) is 22.0 Å². The topological polar surface area (TPSA) is 248 Å². The molecule has 6 rings (SSSR count). The Labute approximate surface area is 372 Å². The molecular weight excluding hydrogens is 909 g/mol. The van der Waals surface area contributed by atoms with Gasteiger partial charge in [0.1, 0.15) is 17.7 Å². The third-order valence-electron chi connectivity index (χ3n) is 9.65. The van der Waals surface area contributed by atoms with Crippen LogP contribution in [-0.4, -0.2) is 114 Å². The van der Waals surface area contributed by atoms with Crippen molar-refractivity contribution in [3.05, 3.63) is 125 Å². The highest BCUT2D eigenvalue weighted by molar-refractivity contribution is 7.91. The number of aromatic hydroxyl groups is 1. The zero-order valence-corrected chi connectivity index (χ0v) is 35.4. The maximum atomic E-state index is 13.0. The highest BCUT2D eigenvalue weighted by Crippen LogP contribution is 2.30. The number of anilines is 1. The number of phenolic OH excluding ortho intramolecular Hbond substituents is 1. The fraction of sp³-hybridized carbons (Fsp3) is 0.302. The number of aliphatic carboxylic acids is 2. The number of benzene rings is 4. The molecule has 1 aromatic heterocycles. The van der Waals surface area contributed by atoms with E-state index in [4.69, 9.17) is 24.5 Å². The van der Waals surface area contributed by atoms with Crippen LogP contribution in [0.3, 0.4) is 0 Å². The lowest BCUT2D eigenvalue weighted by atomic mass is 10.0. The number of hydrogen-bond donors (Lipinski definition) is 8. The summed E-state index contributed by atoms with van der Waals surface area (Å²) in [6, 6.07) is 30.1. The van der Waals surface area contributed by atoms with Crippen molar-refractivity contribution in [2.24, 2.45) is 0 Å². The lowest BCUT2D eigenvalue weighted by Gasteiger charge is -2.31. The minimum absolute atomic E-state index is 0.0746. The highest BCUT2D eigenvalue weighted by Gasteiger charge is 2.39. The zero-order chi connectivity index (χ0) is 48.7. The van der Waals surface area contributed by atoms with Gasteiger partial charge in [-0.25, -0.2) is 22.8 Å². The molecular formula is C43H45F6N5O11S. The average molecular weight is 954 g/mol. The van der Waals surface area contributed by atoms with E-state index in [0.717, 1.165) is 29.8 Å². The maximum Gasteiger partial charge on any atom is 0.490 e. The number of halogens is 6. The number of likely N-dealkylation sites (tertiary alicyclic amines) is 1. The van der Waals surface area contributed by atoms with Crippen LogP contribution in [0, 0.1) is 0 Å². The summed E-state index contributed by atoms with van der Waals surface area (Å²) >= 11 is 0. The summed E-state index contributed by atoms with van der Waals surface area (Å²) in [5, 5.41) is 44.8. The Bertz CT molecular complexity index is 2550. The normalized spacial score (nSPS) is 13.9. The van der Waals surface area contributed by atoms with Crippen LogP contribution < -0.4 is 21.5 Å². The van der Waals surface area contributed by atoms with Gasteiger partial charge in [-0.1, -0.05) is 66.7 Å². The number of carboxylic acid groups (broad SMARTS) is 2. The third-order valence-corrected chi connectivity index (χ3v) is 11.2. The Hall–Kier alpha value is -6.53. The molecule has 356 valence electrons. The van der Waals surface area contributed by atoms with Crippen LogP contribution in [0.4, 0.5) is 36.8 Å². The number of para-hydroxylation sites is 1. The van der Waals surface area contributed by atoms with Gasteiger partial charge in [0.05, 0.1) is 22.2 Å². The van der Waals surface area contributed by atoms with E-state index in [2.05, 4.69) is 25.8 Å². The summed E-state index contributed by atoms with van der Waals surface area (Å²) in [6.45, 7) is 3.26. The lowest BCUT2D eigenvalue weighted by molar-refractivity contribution is -0.193. The van der Waals surface area contributed by atoms with E-state index in [1.807, 2.05) is 54.6 Å². The van der Waals surface area contributed by atoms with E-state index in [-0.39, 0.29) is 40.2 Å². The van der Waals surface area contributed by atoms with Gasteiger partial charge in [0.2, 0.25) is 5.56 Å². The van der Waals surface area contributed by atoms with Crippen molar-refractivity contribution in [1.82, 2.24) is 20.5 Å². The number of carbonyl (C=O) groups is 3. The molecule has 2 heterocycles. The number of piperidine rings is 1. The van der Waals surface area contributed by atoms with Crippen molar-refractivity contribution in [3.8, 4) is 16.9 Å². The molecule has 1 saturated heterocycles. The highest BCUT2D eigenvalue weighted by atomic mass is 32.2. The first kappa shape index (κ1) is 52.1. The second-order valence-electron chi connectivity index (χ2n) is 14.4. The number of rotatable bonds is 14. The molecule has 1 aliphatic heterocycles. The first-order valence-electron chi connectivity index (χ1n) is 19.8. The van der Waals surface area contributed by atoms with Gasteiger partial charge in [0.25, 0.3) is 0 Å². The number of aliphatic hydroxyl groups is 1. The molecule has 4 aromatic carbocycles. The van der Waals surface area contributed by atoms with Crippen LogP contribution in [0.2, 0.25) is 0 Å².